The second kappa shape index (κ2) is 10.6. The Balaban J connectivity index is 2.15. The first-order chi connectivity index (χ1) is 15.4. The van der Waals surface area contributed by atoms with Crippen LogP contribution in [0.15, 0.2) is 53.3 Å². The molecule has 170 valence electrons. The van der Waals surface area contributed by atoms with E-state index in [0.717, 1.165) is 36.9 Å². The summed E-state index contributed by atoms with van der Waals surface area (Å²) in [5.74, 6) is 0.740. The maximum Gasteiger partial charge on any atom is 0.266 e. The highest BCUT2D eigenvalue weighted by Gasteiger charge is 2.29. The molecule has 1 aromatic heterocycles. The van der Waals surface area contributed by atoms with E-state index in [2.05, 4.69) is 13.8 Å². The summed E-state index contributed by atoms with van der Waals surface area (Å²) >= 11 is 0. The molecule has 2 unspecified atom stereocenters. The lowest BCUT2D eigenvalue weighted by Crippen LogP contribution is -2.40. The number of carbonyl (C=O) groups is 1. The molecule has 0 aliphatic carbocycles. The van der Waals surface area contributed by atoms with E-state index in [0.29, 0.717) is 23.3 Å². The Morgan fingerprint density at radius 1 is 1.06 bits per heavy atom. The lowest BCUT2D eigenvalue weighted by atomic mass is 9.97. The summed E-state index contributed by atoms with van der Waals surface area (Å²) in [4.78, 5) is 33.8. The van der Waals surface area contributed by atoms with Gasteiger partial charge in [-0.15, -0.1) is 0 Å². The predicted molar refractivity (Wildman–Crippen MR) is 131 cm³/mol. The van der Waals surface area contributed by atoms with E-state index in [-0.39, 0.29) is 23.4 Å². The number of amides is 1. The van der Waals surface area contributed by atoms with E-state index in [1.165, 1.54) is 0 Å². The number of unbranched alkanes of at least 4 members (excludes halogenated alkanes) is 1. The van der Waals surface area contributed by atoms with Crippen LogP contribution in [0.4, 0.5) is 0 Å². The monoisotopic (exact) mass is 433 g/mol. The molecule has 5 heteroatoms. The third-order valence-electron chi connectivity index (χ3n) is 6.31. The summed E-state index contributed by atoms with van der Waals surface area (Å²) in [6.45, 7) is 10.8. The predicted octanol–water partition coefficient (Wildman–Crippen LogP) is 5.82. The lowest BCUT2D eigenvalue weighted by Gasteiger charge is -2.32. The van der Waals surface area contributed by atoms with Crippen LogP contribution in [0, 0.1) is 12.8 Å². The van der Waals surface area contributed by atoms with E-state index >= 15 is 0 Å². The third kappa shape index (κ3) is 4.77. The Morgan fingerprint density at radius 2 is 1.75 bits per heavy atom. The van der Waals surface area contributed by atoms with E-state index in [1.807, 2.05) is 74.2 Å². The molecule has 3 aromatic rings. The minimum Gasteiger partial charge on any atom is -0.333 e. The van der Waals surface area contributed by atoms with Crippen molar-refractivity contribution in [1.82, 2.24) is 14.5 Å². The first-order valence-electron chi connectivity index (χ1n) is 11.8. The van der Waals surface area contributed by atoms with Gasteiger partial charge in [0.15, 0.2) is 0 Å². The largest absolute Gasteiger partial charge is 0.333 e. The molecule has 3 rings (SSSR count). The Labute approximate surface area is 191 Å². The van der Waals surface area contributed by atoms with Crippen molar-refractivity contribution in [2.75, 3.05) is 6.54 Å². The average molecular weight is 434 g/mol. The summed E-state index contributed by atoms with van der Waals surface area (Å²) in [7, 11) is 0. The number of aromatic nitrogens is 2. The molecular formula is C27H35N3O2. The maximum absolute atomic E-state index is 13.6. The summed E-state index contributed by atoms with van der Waals surface area (Å²) in [5, 5.41) is 0.577. The minimum atomic E-state index is -0.332. The van der Waals surface area contributed by atoms with E-state index in [9.17, 15) is 9.59 Å². The molecule has 0 saturated heterocycles. The van der Waals surface area contributed by atoms with Crippen LogP contribution in [0.5, 0.6) is 0 Å². The van der Waals surface area contributed by atoms with Crippen LogP contribution < -0.4 is 5.56 Å². The molecule has 0 saturated carbocycles. The zero-order valence-corrected chi connectivity index (χ0v) is 20.0. The van der Waals surface area contributed by atoms with Gasteiger partial charge >= 0.3 is 0 Å². The first kappa shape index (κ1) is 23.7. The van der Waals surface area contributed by atoms with Crippen molar-refractivity contribution in [3.8, 4) is 5.69 Å². The molecule has 2 atom stereocenters. The number of para-hydroxylation sites is 1. The molecule has 0 radical (unpaired) electrons. The fourth-order valence-electron chi connectivity index (χ4n) is 4.32. The van der Waals surface area contributed by atoms with Gasteiger partial charge in [0.05, 0.1) is 22.6 Å². The van der Waals surface area contributed by atoms with Gasteiger partial charge in [-0.05, 0) is 57.9 Å². The molecule has 0 N–H and O–H groups in total. The number of benzene rings is 2. The van der Waals surface area contributed by atoms with Crippen LogP contribution in [-0.2, 0) is 4.79 Å². The van der Waals surface area contributed by atoms with Crippen LogP contribution in [0.1, 0.15) is 70.8 Å². The normalized spacial score (nSPS) is 13.2. The quantitative estimate of drug-likeness (QED) is 0.427. The van der Waals surface area contributed by atoms with Gasteiger partial charge in [-0.2, -0.15) is 0 Å². The molecular weight excluding hydrogens is 398 g/mol. The molecule has 0 bridgehead atoms. The summed E-state index contributed by atoms with van der Waals surface area (Å²) in [6.07, 6.45) is 3.83. The van der Waals surface area contributed by atoms with Gasteiger partial charge in [-0.1, -0.05) is 56.5 Å². The number of hydrogen-bond acceptors (Lipinski definition) is 3. The topological polar surface area (TPSA) is 55.2 Å². The van der Waals surface area contributed by atoms with E-state index in [1.54, 1.807) is 4.57 Å². The maximum atomic E-state index is 13.6. The van der Waals surface area contributed by atoms with Crippen LogP contribution in [-0.4, -0.2) is 26.9 Å². The highest BCUT2D eigenvalue weighted by Crippen LogP contribution is 2.26. The molecule has 5 nitrogen and oxygen atoms in total. The van der Waals surface area contributed by atoms with Crippen LogP contribution >= 0.6 is 0 Å². The summed E-state index contributed by atoms with van der Waals surface area (Å²) in [6, 6.07) is 15.0. The van der Waals surface area contributed by atoms with Crippen molar-refractivity contribution in [2.45, 2.75) is 66.3 Å². The Kier molecular flexibility index (Phi) is 7.84. The number of hydrogen-bond donors (Lipinski definition) is 0. The van der Waals surface area contributed by atoms with Gasteiger partial charge in [0, 0.05) is 12.5 Å². The van der Waals surface area contributed by atoms with Crippen LogP contribution in [0.25, 0.3) is 16.6 Å². The van der Waals surface area contributed by atoms with Crippen molar-refractivity contribution >= 4 is 16.8 Å². The molecule has 1 heterocycles. The smallest absolute Gasteiger partial charge is 0.266 e. The van der Waals surface area contributed by atoms with E-state index < -0.39 is 0 Å². The van der Waals surface area contributed by atoms with Crippen molar-refractivity contribution in [1.29, 1.82) is 0 Å². The molecule has 0 aliphatic heterocycles. The van der Waals surface area contributed by atoms with Gasteiger partial charge in [0.25, 0.3) is 5.56 Å². The number of aryl methyl sites for hydroxylation is 1. The number of carbonyl (C=O) groups excluding carboxylic acids is 1. The average Bonchev–Trinajstić information content (AvgIpc) is 2.80. The lowest BCUT2D eigenvalue weighted by molar-refractivity contribution is -0.138. The molecule has 0 spiro atoms. The summed E-state index contributed by atoms with van der Waals surface area (Å²) in [5.41, 5.74) is 2.44. The van der Waals surface area contributed by atoms with Crippen molar-refractivity contribution < 1.29 is 4.79 Å². The SMILES string of the molecule is CCCCC(CC)C(=O)N(CC)C(C)c1nc2ccccc2c(=O)n1-c1ccc(C)cc1. The fourth-order valence-corrected chi connectivity index (χ4v) is 4.32. The van der Waals surface area contributed by atoms with Gasteiger partial charge in [0.1, 0.15) is 5.82 Å². The first-order valence-corrected chi connectivity index (χ1v) is 11.8. The third-order valence-corrected chi connectivity index (χ3v) is 6.31. The van der Waals surface area contributed by atoms with Crippen LogP contribution in [0.2, 0.25) is 0 Å². The summed E-state index contributed by atoms with van der Waals surface area (Å²) < 4.78 is 1.68. The molecule has 0 fully saturated rings. The molecule has 0 aliphatic rings. The second-order valence-electron chi connectivity index (χ2n) is 8.51. The molecule has 32 heavy (non-hydrogen) atoms. The number of fused-ring (bicyclic) bond motifs is 1. The fraction of sp³-hybridized carbons (Fsp3) is 0.444. The Bertz CT molecular complexity index is 1120. The zero-order valence-electron chi connectivity index (χ0n) is 20.0. The number of rotatable bonds is 9. The zero-order chi connectivity index (χ0) is 23.3. The van der Waals surface area contributed by atoms with Crippen molar-refractivity contribution in [3.05, 3.63) is 70.3 Å². The van der Waals surface area contributed by atoms with Crippen molar-refractivity contribution in [2.24, 2.45) is 5.92 Å². The highest BCUT2D eigenvalue weighted by atomic mass is 16.2. The van der Waals surface area contributed by atoms with Gasteiger partial charge in [-0.3, -0.25) is 14.2 Å². The number of nitrogens with zero attached hydrogens (tertiary/aromatic N) is 3. The van der Waals surface area contributed by atoms with E-state index in [4.69, 9.17) is 4.98 Å². The minimum absolute atomic E-state index is 0.00245. The standard InChI is InChI=1S/C27H35N3O2/c1-6-9-12-21(7-2)26(31)29(8-3)20(5)25-28-24-14-11-10-13-23(24)27(32)30(25)22-17-15-19(4)16-18-22/h10-11,13-18,20-21H,6-9,12H2,1-5H3. The van der Waals surface area contributed by atoms with Gasteiger partial charge < -0.3 is 4.90 Å². The highest BCUT2D eigenvalue weighted by molar-refractivity contribution is 5.80. The Morgan fingerprint density at radius 3 is 2.38 bits per heavy atom. The molecule has 2 aromatic carbocycles. The van der Waals surface area contributed by atoms with Gasteiger partial charge in [-0.25, -0.2) is 4.98 Å². The van der Waals surface area contributed by atoms with Crippen LogP contribution in [0.3, 0.4) is 0 Å². The Hall–Kier alpha value is -2.95. The van der Waals surface area contributed by atoms with Gasteiger partial charge in [0.2, 0.25) is 5.91 Å². The van der Waals surface area contributed by atoms with Crippen molar-refractivity contribution in [3.63, 3.8) is 0 Å². The second-order valence-corrected chi connectivity index (χ2v) is 8.51. The molecule has 1 amide bonds.